The molecule has 7 heteroatoms. The molecule has 0 fully saturated rings. The molecule has 0 bridgehead atoms. The first kappa shape index (κ1) is 16.4. The average Bonchev–Trinajstić information content (AvgIpc) is 2.88. The monoisotopic (exact) mass is 338 g/mol. The summed E-state index contributed by atoms with van der Waals surface area (Å²) in [6.45, 7) is 2.78. The lowest BCUT2D eigenvalue weighted by Crippen LogP contribution is -2.06. The molecule has 25 heavy (non-hydrogen) atoms. The van der Waals surface area contributed by atoms with Crippen molar-refractivity contribution in [2.45, 2.75) is 13.8 Å². The van der Waals surface area contributed by atoms with Crippen LogP contribution in [0.3, 0.4) is 0 Å². The molecule has 7 nitrogen and oxygen atoms in total. The number of benzene rings is 1. The fourth-order valence-corrected chi connectivity index (χ4v) is 2.93. The summed E-state index contributed by atoms with van der Waals surface area (Å²) < 4.78 is 0.990. The summed E-state index contributed by atoms with van der Waals surface area (Å²) in [6, 6.07) is 7.49. The predicted octanol–water partition coefficient (Wildman–Crippen LogP) is 2.64. The van der Waals surface area contributed by atoms with E-state index in [0.29, 0.717) is 5.56 Å². The fraction of sp³-hybridized carbons (Fsp3) is 0.111. The summed E-state index contributed by atoms with van der Waals surface area (Å²) in [5.74, 6) is -2.77. The van der Waals surface area contributed by atoms with Crippen LogP contribution in [0.4, 0.5) is 0 Å². The van der Waals surface area contributed by atoms with E-state index < -0.39 is 23.5 Å². The first-order valence-corrected chi connectivity index (χ1v) is 7.41. The van der Waals surface area contributed by atoms with Crippen LogP contribution in [-0.2, 0) is 0 Å². The number of hydrogen-bond acceptors (Lipinski definition) is 5. The normalized spacial score (nSPS) is 10.8. The van der Waals surface area contributed by atoms with Crippen molar-refractivity contribution in [3.63, 3.8) is 0 Å². The van der Waals surface area contributed by atoms with Gasteiger partial charge in [-0.3, -0.25) is 19.1 Å². The SMILES string of the molecule is CC(=O)n1c(O)c(C(=O)c2ccccn2)c2c(C)c(C(=O)O)ccc21. The number of hydrogen-bond donors (Lipinski definition) is 2. The Hall–Kier alpha value is -3.48. The Morgan fingerprint density at radius 1 is 1.12 bits per heavy atom. The van der Waals surface area contributed by atoms with Crippen LogP contribution in [0.15, 0.2) is 36.5 Å². The quantitative estimate of drug-likeness (QED) is 0.711. The molecule has 0 aliphatic rings. The summed E-state index contributed by atoms with van der Waals surface area (Å²) in [6.07, 6.45) is 1.43. The molecule has 2 heterocycles. The Morgan fingerprint density at radius 2 is 1.84 bits per heavy atom. The number of rotatable bonds is 3. The molecule has 0 saturated carbocycles. The van der Waals surface area contributed by atoms with Crippen molar-refractivity contribution in [2.24, 2.45) is 0 Å². The molecule has 0 saturated heterocycles. The summed E-state index contributed by atoms with van der Waals surface area (Å²) in [4.78, 5) is 40.2. The molecule has 3 rings (SSSR count). The highest BCUT2D eigenvalue weighted by atomic mass is 16.4. The molecule has 0 aliphatic heterocycles. The van der Waals surface area contributed by atoms with Gasteiger partial charge < -0.3 is 10.2 Å². The average molecular weight is 338 g/mol. The van der Waals surface area contributed by atoms with E-state index in [4.69, 9.17) is 0 Å². The van der Waals surface area contributed by atoms with Gasteiger partial charge >= 0.3 is 5.97 Å². The molecule has 3 aromatic rings. The topological polar surface area (TPSA) is 109 Å². The minimum atomic E-state index is -1.16. The van der Waals surface area contributed by atoms with E-state index in [9.17, 15) is 24.6 Å². The Bertz CT molecular complexity index is 1030. The van der Waals surface area contributed by atoms with Gasteiger partial charge in [-0.1, -0.05) is 6.07 Å². The van der Waals surface area contributed by atoms with E-state index in [2.05, 4.69) is 4.98 Å². The van der Waals surface area contributed by atoms with Gasteiger partial charge in [0, 0.05) is 18.5 Å². The van der Waals surface area contributed by atoms with Crippen molar-refractivity contribution < 1.29 is 24.6 Å². The minimum absolute atomic E-state index is 0.0109. The second kappa shape index (κ2) is 5.86. The Labute approximate surface area is 142 Å². The van der Waals surface area contributed by atoms with E-state index in [1.54, 1.807) is 12.1 Å². The molecular formula is C18H14N2O5. The van der Waals surface area contributed by atoms with E-state index in [-0.39, 0.29) is 27.7 Å². The van der Waals surface area contributed by atoms with Crippen LogP contribution in [0.2, 0.25) is 0 Å². The summed E-state index contributed by atoms with van der Waals surface area (Å²) in [7, 11) is 0. The number of carbonyl (C=O) groups is 3. The largest absolute Gasteiger partial charge is 0.494 e. The molecular weight excluding hydrogens is 324 g/mol. The number of aromatic hydroxyl groups is 1. The number of pyridine rings is 1. The van der Waals surface area contributed by atoms with Gasteiger partial charge in [0.25, 0.3) is 0 Å². The first-order valence-electron chi connectivity index (χ1n) is 7.41. The van der Waals surface area contributed by atoms with Crippen LogP contribution < -0.4 is 0 Å². The number of carbonyl (C=O) groups excluding carboxylic acids is 2. The second-order valence-corrected chi connectivity index (χ2v) is 5.53. The van der Waals surface area contributed by atoms with Gasteiger partial charge in [0.2, 0.25) is 17.6 Å². The molecule has 0 unspecified atom stereocenters. The zero-order valence-corrected chi connectivity index (χ0v) is 13.5. The maximum Gasteiger partial charge on any atom is 0.335 e. The van der Waals surface area contributed by atoms with E-state index in [1.807, 2.05) is 0 Å². The third kappa shape index (κ3) is 2.46. The van der Waals surface area contributed by atoms with Crippen LogP contribution in [0, 0.1) is 6.92 Å². The number of aryl methyl sites for hydroxylation is 1. The standard InChI is InChI=1S/C18H14N2O5/c1-9-11(18(24)25)6-7-13-14(9)15(17(23)20(13)10(2)21)16(22)12-5-3-4-8-19-12/h3-8,23H,1-2H3,(H,24,25). The van der Waals surface area contributed by atoms with Crippen LogP contribution in [0.25, 0.3) is 10.9 Å². The summed E-state index contributed by atoms with van der Waals surface area (Å²) in [5, 5.41) is 20.1. The number of carboxylic acid groups (broad SMARTS) is 1. The molecule has 0 aliphatic carbocycles. The molecule has 1 aromatic carbocycles. The number of aromatic carboxylic acids is 1. The molecule has 2 aromatic heterocycles. The fourth-order valence-electron chi connectivity index (χ4n) is 2.93. The van der Waals surface area contributed by atoms with E-state index >= 15 is 0 Å². The number of nitrogens with zero attached hydrogens (tertiary/aromatic N) is 2. The number of aromatic nitrogens is 2. The maximum atomic E-state index is 12.9. The van der Waals surface area contributed by atoms with Gasteiger partial charge in [0.05, 0.1) is 16.6 Å². The number of fused-ring (bicyclic) bond motifs is 1. The van der Waals surface area contributed by atoms with E-state index in [1.165, 1.54) is 38.2 Å². The minimum Gasteiger partial charge on any atom is -0.494 e. The summed E-state index contributed by atoms with van der Waals surface area (Å²) in [5.41, 5.74) is 0.500. The summed E-state index contributed by atoms with van der Waals surface area (Å²) >= 11 is 0. The van der Waals surface area contributed by atoms with Gasteiger partial charge in [-0.05, 0) is 36.8 Å². The highest BCUT2D eigenvalue weighted by Crippen LogP contribution is 2.36. The highest BCUT2D eigenvalue weighted by Gasteiger charge is 2.28. The molecule has 0 spiro atoms. The van der Waals surface area contributed by atoms with Crippen LogP contribution in [-0.4, -0.2) is 37.4 Å². The smallest absolute Gasteiger partial charge is 0.335 e. The Morgan fingerprint density at radius 3 is 2.40 bits per heavy atom. The molecule has 0 atom stereocenters. The van der Waals surface area contributed by atoms with Crippen LogP contribution in [0.1, 0.15) is 43.7 Å². The predicted molar refractivity (Wildman–Crippen MR) is 89.3 cm³/mol. The lowest BCUT2D eigenvalue weighted by atomic mass is 9.98. The van der Waals surface area contributed by atoms with Crippen molar-refractivity contribution in [1.29, 1.82) is 0 Å². The molecule has 0 amide bonds. The Balaban J connectivity index is 2.43. The van der Waals surface area contributed by atoms with Gasteiger partial charge in [-0.25, -0.2) is 4.79 Å². The second-order valence-electron chi connectivity index (χ2n) is 5.53. The third-order valence-corrected chi connectivity index (χ3v) is 4.04. The highest BCUT2D eigenvalue weighted by molar-refractivity contribution is 6.20. The zero-order valence-electron chi connectivity index (χ0n) is 13.5. The van der Waals surface area contributed by atoms with E-state index in [0.717, 1.165) is 4.57 Å². The molecule has 0 radical (unpaired) electrons. The Kier molecular flexibility index (Phi) is 3.84. The zero-order chi connectivity index (χ0) is 18.3. The van der Waals surface area contributed by atoms with Crippen molar-refractivity contribution in [2.75, 3.05) is 0 Å². The van der Waals surface area contributed by atoms with Crippen molar-refractivity contribution in [3.05, 3.63) is 58.9 Å². The first-order chi connectivity index (χ1) is 11.8. The van der Waals surface area contributed by atoms with Crippen molar-refractivity contribution in [3.8, 4) is 5.88 Å². The van der Waals surface area contributed by atoms with Gasteiger partial charge in [-0.2, -0.15) is 0 Å². The maximum absolute atomic E-state index is 12.9. The number of ketones is 1. The van der Waals surface area contributed by atoms with Crippen LogP contribution >= 0.6 is 0 Å². The third-order valence-electron chi connectivity index (χ3n) is 4.04. The van der Waals surface area contributed by atoms with Gasteiger partial charge in [-0.15, -0.1) is 0 Å². The molecule has 126 valence electrons. The number of carboxylic acids is 1. The molecule has 2 N–H and O–H groups in total. The van der Waals surface area contributed by atoms with Gasteiger partial charge in [0.1, 0.15) is 5.69 Å². The van der Waals surface area contributed by atoms with Crippen molar-refractivity contribution >= 4 is 28.6 Å². The van der Waals surface area contributed by atoms with Crippen LogP contribution in [0.5, 0.6) is 5.88 Å². The van der Waals surface area contributed by atoms with Gasteiger partial charge in [0.15, 0.2) is 0 Å². The van der Waals surface area contributed by atoms with Crippen molar-refractivity contribution in [1.82, 2.24) is 9.55 Å². The lowest BCUT2D eigenvalue weighted by Gasteiger charge is -2.05. The lowest BCUT2D eigenvalue weighted by molar-refractivity contribution is 0.0695.